The number of thiol groups is 1. The largest absolute Gasteiger partial charge is 0.351 e. The number of aryl methyl sites for hydroxylation is 2. The molecule has 0 bridgehead atoms. The smallest absolute Gasteiger partial charge is 0.150 e. The van der Waals surface area contributed by atoms with E-state index in [4.69, 9.17) is 0 Å². The number of benzene rings is 2. The molecule has 0 saturated carbocycles. The molecule has 3 heteroatoms. The third kappa shape index (κ3) is 5.26. The van der Waals surface area contributed by atoms with Gasteiger partial charge in [0.2, 0.25) is 0 Å². The van der Waals surface area contributed by atoms with Gasteiger partial charge in [0.15, 0.2) is 0 Å². The Labute approximate surface area is 174 Å². The quantitative estimate of drug-likeness (QED) is 0.382. The zero-order valence-corrected chi connectivity index (χ0v) is 18.1. The van der Waals surface area contributed by atoms with Crippen molar-refractivity contribution in [2.24, 2.45) is 7.05 Å². The second-order valence-corrected chi connectivity index (χ2v) is 7.51. The zero-order chi connectivity index (χ0) is 20.7. The fourth-order valence-electron chi connectivity index (χ4n) is 3.18. The first-order valence-electron chi connectivity index (χ1n) is 9.52. The van der Waals surface area contributed by atoms with E-state index >= 15 is 0 Å². The highest BCUT2D eigenvalue weighted by Crippen LogP contribution is 2.22. The van der Waals surface area contributed by atoms with Crippen LogP contribution in [0.25, 0.3) is 16.5 Å². The first-order valence-corrected chi connectivity index (χ1v) is 9.97. The van der Waals surface area contributed by atoms with E-state index in [9.17, 15) is 4.79 Å². The van der Waals surface area contributed by atoms with Crippen LogP contribution in [0.3, 0.4) is 0 Å². The number of carbonyl (C=O) groups is 1. The van der Waals surface area contributed by atoms with Crippen LogP contribution in [0.4, 0.5) is 0 Å². The second kappa shape index (κ2) is 10.1. The van der Waals surface area contributed by atoms with E-state index in [0.717, 1.165) is 35.2 Å². The van der Waals surface area contributed by atoms with E-state index in [1.165, 1.54) is 27.6 Å². The number of hydrogen-bond acceptors (Lipinski definition) is 2. The van der Waals surface area contributed by atoms with Crippen molar-refractivity contribution in [3.63, 3.8) is 0 Å². The lowest BCUT2D eigenvalue weighted by molar-refractivity contribution is 0.112. The van der Waals surface area contributed by atoms with Crippen LogP contribution in [0, 0.1) is 0 Å². The molecular formula is C25H29NOS. The average molecular weight is 392 g/mol. The summed E-state index contributed by atoms with van der Waals surface area (Å²) in [4.78, 5) is 11.6. The van der Waals surface area contributed by atoms with E-state index < -0.39 is 0 Å². The Morgan fingerprint density at radius 1 is 1.18 bits per heavy atom. The van der Waals surface area contributed by atoms with Crippen LogP contribution < -0.4 is 0 Å². The fourth-order valence-corrected chi connectivity index (χ4v) is 3.35. The molecule has 3 rings (SSSR count). The van der Waals surface area contributed by atoms with Crippen LogP contribution in [0.1, 0.15) is 47.8 Å². The molecule has 1 heterocycles. The Morgan fingerprint density at radius 3 is 2.54 bits per heavy atom. The van der Waals surface area contributed by atoms with Crippen LogP contribution in [0.2, 0.25) is 0 Å². The van der Waals surface area contributed by atoms with Gasteiger partial charge in [0.05, 0.1) is 0 Å². The molecule has 3 aromatic rings. The van der Waals surface area contributed by atoms with E-state index in [0.29, 0.717) is 0 Å². The Kier molecular flexibility index (Phi) is 7.89. The van der Waals surface area contributed by atoms with Gasteiger partial charge in [-0.05, 0) is 59.6 Å². The molecule has 0 unspecified atom stereocenters. The third-order valence-electron chi connectivity index (χ3n) is 4.95. The zero-order valence-electron chi connectivity index (χ0n) is 17.2. The van der Waals surface area contributed by atoms with Crippen LogP contribution in [0.5, 0.6) is 0 Å². The Balaban J connectivity index is 0.000000200. The molecule has 0 aliphatic carbocycles. The van der Waals surface area contributed by atoms with Gasteiger partial charge in [-0.2, -0.15) is 0 Å². The van der Waals surface area contributed by atoms with Crippen molar-refractivity contribution in [1.82, 2.24) is 4.57 Å². The summed E-state index contributed by atoms with van der Waals surface area (Å²) in [5.74, 6) is 0. The molecule has 1 aromatic heterocycles. The molecule has 2 aromatic carbocycles. The number of carbonyl (C=O) groups excluding carboxylic acids is 1. The minimum Gasteiger partial charge on any atom is -0.351 e. The summed E-state index contributed by atoms with van der Waals surface area (Å²) in [7, 11) is 2.06. The molecule has 0 N–H and O–H groups in total. The molecule has 0 atom stereocenters. The van der Waals surface area contributed by atoms with Gasteiger partial charge < -0.3 is 4.57 Å². The van der Waals surface area contributed by atoms with Crippen LogP contribution in [-0.2, 0) is 19.9 Å². The maximum absolute atomic E-state index is 10.7. The van der Waals surface area contributed by atoms with Crippen molar-refractivity contribution in [1.29, 1.82) is 0 Å². The van der Waals surface area contributed by atoms with E-state index in [1.807, 2.05) is 19.1 Å². The van der Waals surface area contributed by atoms with Gasteiger partial charge in [0.25, 0.3) is 0 Å². The summed E-state index contributed by atoms with van der Waals surface area (Å²) in [6.45, 7) is 9.99. The highest BCUT2D eigenvalue weighted by atomic mass is 32.1. The number of aldehydes is 1. The molecule has 146 valence electrons. The van der Waals surface area contributed by atoms with Gasteiger partial charge in [-0.1, -0.05) is 49.9 Å². The normalized spacial score (nSPS) is 11.1. The van der Waals surface area contributed by atoms with Crippen molar-refractivity contribution in [2.45, 2.75) is 33.6 Å². The van der Waals surface area contributed by atoms with Crippen molar-refractivity contribution < 1.29 is 4.79 Å². The number of rotatable bonds is 5. The minimum atomic E-state index is 0.806. The van der Waals surface area contributed by atoms with Gasteiger partial charge in [0, 0.05) is 36.1 Å². The molecule has 0 spiro atoms. The standard InChI is InChI=1S/C13H16O.C12H13NS/c1-4-10(3)12-6-7-13(9-14)11(5-2)8-12;1-9(14)8-10-4-3-5-12-11(10)6-7-13(12)2/h4,6-9H,5H2,1-3H3;3-7,14H,1,8H2,2H3/b10-4+;. The first kappa shape index (κ1) is 21.8. The lowest BCUT2D eigenvalue weighted by atomic mass is 9.99. The van der Waals surface area contributed by atoms with Gasteiger partial charge in [-0.15, -0.1) is 12.6 Å². The molecule has 2 nitrogen and oxygen atoms in total. The molecular weight excluding hydrogens is 362 g/mol. The van der Waals surface area contributed by atoms with E-state index in [1.54, 1.807) is 0 Å². The SMILES string of the molecule is C/C=C(\C)c1ccc(C=O)c(CC)c1.C=C(S)Cc1cccc2c1ccn2C. The Bertz CT molecular complexity index is 1010. The second-order valence-electron chi connectivity index (χ2n) is 6.88. The topological polar surface area (TPSA) is 22.0 Å². The van der Waals surface area contributed by atoms with Crippen molar-refractivity contribution >= 4 is 35.4 Å². The minimum absolute atomic E-state index is 0.806. The van der Waals surface area contributed by atoms with Crippen molar-refractivity contribution in [3.8, 4) is 0 Å². The fraction of sp³-hybridized carbons (Fsp3) is 0.240. The molecule has 0 aliphatic rings. The summed E-state index contributed by atoms with van der Waals surface area (Å²) >= 11 is 4.24. The van der Waals surface area contributed by atoms with Gasteiger partial charge >= 0.3 is 0 Å². The first-order chi connectivity index (χ1) is 13.4. The number of hydrogen-bond donors (Lipinski definition) is 1. The van der Waals surface area contributed by atoms with Crippen LogP contribution in [-0.4, -0.2) is 10.9 Å². The molecule has 0 saturated heterocycles. The van der Waals surface area contributed by atoms with E-state index in [-0.39, 0.29) is 0 Å². The Morgan fingerprint density at radius 2 is 1.93 bits per heavy atom. The lowest BCUT2D eigenvalue weighted by Gasteiger charge is -2.06. The molecule has 0 radical (unpaired) electrons. The summed E-state index contributed by atoms with van der Waals surface area (Å²) < 4.78 is 2.13. The highest BCUT2D eigenvalue weighted by molar-refractivity contribution is 7.84. The maximum Gasteiger partial charge on any atom is 0.150 e. The van der Waals surface area contributed by atoms with Gasteiger partial charge in [-0.3, -0.25) is 4.79 Å². The third-order valence-corrected chi connectivity index (χ3v) is 5.11. The number of nitrogens with zero attached hydrogens (tertiary/aromatic N) is 1. The highest BCUT2D eigenvalue weighted by Gasteiger charge is 2.03. The number of aromatic nitrogens is 1. The van der Waals surface area contributed by atoms with Gasteiger partial charge in [0.1, 0.15) is 6.29 Å². The summed E-state index contributed by atoms with van der Waals surface area (Å²) in [5.41, 5.74) is 6.94. The molecule has 0 fully saturated rings. The van der Waals surface area contributed by atoms with Crippen LogP contribution in [0.15, 0.2) is 66.2 Å². The number of allylic oxidation sites excluding steroid dienone is 3. The lowest BCUT2D eigenvalue weighted by Crippen LogP contribution is -1.92. The van der Waals surface area contributed by atoms with E-state index in [2.05, 4.69) is 87.3 Å². The van der Waals surface area contributed by atoms with Crippen LogP contribution >= 0.6 is 12.6 Å². The summed E-state index contributed by atoms with van der Waals surface area (Å²) in [5, 5.41) is 1.30. The predicted molar refractivity (Wildman–Crippen MR) is 125 cm³/mol. The maximum atomic E-state index is 10.7. The Hall–Kier alpha value is -2.52. The average Bonchev–Trinajstić information content (AvgIpc) is 3.09. The molecule has 0 amide bonds. The molecule has 0 aliphatic heterocycles. The number of fused-ring (bicyclic) bond motifs is 1. The summed E-state index contributed by atoms with van der Waals surface area (Å²) in [6, 6.07) is 14.5. The summed E-state index contributed by atoms with van der Waals surface area (Å²) in [6.07, 6.45) is 6.82. The van der Waals surface area contributed by atoms with Crippen molar-refractivity contribution in [3.05, 3.63) is 88.5 Å². The predicted octanol–water partition coefficient (Wildman–Crippen LogP) is 6.65. The van der Waals surface area contributed by atoms with Crippen molar-refractivity contribution in [2.75, 3.05) is 0 Å². The van der Waals surface area contributed by atoms with Gasteiger partial charge in [-0.25, -0.2) is 0 Å². The monoisotopic (exact) mass is 391 g/mol. The molecule has 28 heavy (non-hydrogen) atoms.